The molecule has 0 fully saturated rings. The molecule has 1 N–H and O–H groups in total. The van der Waals surface area contributed by atoms with E-state index >= 15 is 0 Å². The number of halogens is 3. The van der Waals surface area contributed by atoms with Gasteiger partial charge in [-0.15, -0.1) is 0 Å². The highest BCUT2D eigenvalue weighted by atomic mass is 19.4. The Hall–Kier alpha value is -1.17. The number of hydrogen-bond donors (Lipinski definition) is 1. The fourth-order valence-electron chi connectivity index (χ4n) is 1.44. The minimum Gasteiger partial charge on any atom is -0.312 e. The molecule has 3 nitrogen and oxygen atoms in total. The standard InChI is InChI=1S/C10H14F3N3/c1-14-8(3-2-4-10(11,12)13)9-7-15-5-6-16-9/h5-8,14H,2-4H2,1H3. The summed E-state index contributed by atoms with van der Waals surface area (Å²) in [5, 5.41) is 2.93. The second-order valence-electron chi connectivity index (χ2n) is 3.48. The van der Waals surface area contributed by atoms with Crippen molar-refractivity contribution in [1.82, 2.24) is 15.3 Å². The Balaban J connectivity index is 2.45. The zero-order valence-corrected chi connectivity index (χ0v) is 8.96. The average molecular weight is 233 g/mol. The van der Waals surface area contributed by atoms with Crippen LogP contribution in [0.4, 0.5) is 13.2 Å². The van der Waals surface area contributed by atoms with Crippen LogP contribution < -0.4 is 5.32 Å². The van der Waals surface area contributed by atoms with Gasteiger partial charge in [0.1, 0.15) is 0 Å². The van der Waals surface area contributed by atoms with Crippen LogP contribution in [0.3, 0.4) is 0 Å². The molecule has 0 saturated carbocycles. The summed E-state index contributed by atoms with van der Waals surface area (Å²) in [6.07, 6.45) is 0.274. The molecule has 1 rings (SSSR count). The van der Waals surface area contributed by atoms with E-state index in [9.17, 15) is 13.2 Å². The Morgan fingerprint density at radius 1 is 1.38 bits per heavy atom. The lowest BCUT2D eigenvalue weighted by Crippen LogP contribution is -2.18. The van der Waals surface area contributed by atoms with Crippen molar-refractivity contribution in [3.05, 3.63) is 24.3 Å². The van der Waals surface area contributed by atoms with Crippen molar-refractivity contribution in [2.45, 2.75) is 31.5 Å². The SMILES string of the molecule is CNC(CCCC(F)(F)F)c1cnccn1. The maximum atomic E-state index is 12.0. The molecule has 1 aromatic rings. The molecule has 90 valence electrons. The molecule has 0 aromatic carbocycles. The number of aromatic nitrogens is 2. The highest BCUT2D eigenvalue weighted by molar-refractivity contribution is 5.01. The lowest BCUT2D eigenvalue weighted by atomic mass is 10.1. The van der Waals surface area contributed by atoms with E-state index in [4.69, 9.17) is 0 Å². The molecular formula is C10H14F3N3. The first kappa shape index (κ1) is 12.9. The molecule has 0 aliphatic heterocycles. The minimum absolute atomic E-state index is 0.0889. The number of rotatable bonds is 5. The Kier molecular flexibility index (Phi) is 4.67. The van der Waals surface area contributed by atoms with Gasteiger partial charge in [0.15, 0.2) is 0 Å². The number of nitrogens with zero attached hydrogens (tertiary/aromatic N) is 2. The summed E-state index contributed by atoms with van der Waals surface area (Å²) >= 11 is 0. The molecule has 0 saturated heterocycles. The van der Waals surface area contributed by atoms with E-state index in [0.717, 1.165) is 0 Å². The Morgan fingerprint density at radius 2 is 2.12 bits per heavy atom. The Morgan fingerprint density at radius 3 is 2.62 bits per heavy atom. The normalized spacial score (nSPS) is 13.8. The van der Waals surface area contributed by atoms with Crippen molar-refractivity contribution >= 4 is 0 Å². The van der Waals surface area contributed by atoms with Crippen LogP contribution in [0.5, 0.6) is 0 Å². The second kappa shape index (κ2) is 5.79. The first-order valence-electron chi connectivity index (χ1n) is 5.03. The molecule has 1 heterocycles. The van der Waals surface area contributed by atoms with Gasteiger partial charge in [-0.3, -0.25) is 9.97 Å². The van der Waals surface area contributed by atoms with Crippen molar-refractivity contribution in [3.8, 4) is 0 Å². The summed E-state index contributed by atoms with van der Waals surface area (Å²) in [7, 11) is 1.70. The van der Waals surface area contributed by atoms with Crippen molar-refractivity contribution in [3.63, 3.8) is 0 Å². The molecule has 6 heteroatoms. The molecular weight excluding hydrogens is 219 g/mol. The fraction of sp³-hybridized carbons (Fsp3) is 0.600. The summed E-state index contributed by atoms with van der Waals surface area (Å²) in [6.45, 7) is 0. The van der Waals surface area contributed by atoms with Gasteiger partial charge in [0.05, 0.1) is 11.7 Å². The highest BCUT2D eigenvalue weighted by Gasteiger charge is 2.26. The molecule has 0 bridgehead atoms. The van der Waals surface area contributed by atoms with E-state index in [1.165, 1.54) is 12.4 Å². The zero-order chi connectivity index (χ0) is 12.0. The van der Waals surface area contributed by atoms with E-state index in [2.05, 4.69) is 15.3 Å². The summed E-state index contributed by atoms with van der Waals surface area (Å²) in [5.74, 6) is 0. The van der Waals surface area contributed by atoms with Crippen LogP contribution in [-0.4, -0.2) is 23.2 Å². The molecule has 0 spiro atoms. The smallest absolute Gasteiger partial charge is 0.312 e. The van der Waals surface area contributed by atoms with E-state index < -0.39 is 12.6 Å². The summed E-state index contributed by atoms with van der Waals surface area (Å²) < 4.78 is 35.9. The molecule has 0 aliphatic carbocycles. The third-order valence-corrected chi connectivity index (χ3v) is 2.24. The van der Waals surface area contributed by atoms with Crippen molar-refractivity contribution in [1.29, 1.82) is 0 Å². The third-order valence-electron chi connectivity index (χ3n) is 2.24. The lowest BCUT2D eigenvalue weighted by molar-refractivity contribution is -0.135. The van der Waals surface area contributed by atoms with E-state index in [1.54, 1.807) is 13.2 Å². The highest BCUT2D eigenvalue weighted by Crippen LogP contribution is 2.25. The van der Waals surface area contributed by atoms with Gasteiger partial charge >= 0.3 is 6.18 Å². The number of alkyl halides is 3. The van der Waals surface area contributed by atoms with Gasteiger partial charge in [-0.05, 0) is 19.9 Å². The maximum absolute atomic E-state index is 12.0. The minimum atomic E-state index is -4.08. The number of nitrogens with one attached hydrogen (secondary N) is 1. The molecule has 0 aliphatic rings. The van der Waals surface area contributed by atoms with Crippen LogP contribution in [0, 0.1) is 0 Å². The molecule has 1 aromatic heterocycles. The van der Waals surface area contributed by atoms with E-state index in [0.29, 0.717) is 12.1 Å². The van der Waals surface area contributed by atoms with Gasteiger partial charge in [-0.2, -0.15) is 13.2 Å². The maximum Gasteiger partial charge on any atom is 0.389 e. The van der Waals surface area contributed by atoms with Gasteiger partial charge in [0, 0.05) is 25.0 Å². The van der Waals surface area contributed by atoms with Crippen LogP contribution >= 0.6 is 0 Å². The molecule has 1 atom stereocenters. The summed E-state index contributed by atoms with van der Waals surface area (Å²) in [4.78, 5) is 7.94. The fourth-order valence-corrected chi connectivity index (χ4v) is 1.44. The van der Waals surface area contributed by atoms with Crippen LogP contribution in [0.2, 0.25) is 0 Å². The van der Waals surface area contributed by atoms with Gasteiger partial charge in [0.2, 0.25) is 0 Å². The van der Waals surface area contributed by atoms with Crippen molar-refractivity contribution in [2.24, 2.45) is 0 Å². The van der Waals surface area contributed by atoms with Gasteiger partial charge < -0.3 is 5.32 Å². The molecule has 16 heavy (non-hydrogen) atoms. The van der Waals surface area contributed by atoms with Gasteiger partial charge in [-0.25, -0.2) is 0 Å². The average Bonchev–Trinajstić information content (AvgIpc) is 2.24. The topological polar surface area (TPSA) is 37.8 Å². The molecule has 0 radical (unpaired) electrons. The Labute approximate surface area is 92.1 Å². The summed E-state index contributed by atoms with van der Waals surface area (Å²) in [6, 6.07) is -0.170. The van der Waals surface area contributed by atoms with Crippen LogP contribution in [0.1, 0.15) is 31.0 Å². The van der Waals surface area contributed by atoms with Crippen LogP contribution in [0.15, 0.2) is 18.6 Å². The van der Waals surface area contributed by atoms with E-state index in [1.807, 2.05) is 0 Å². The van der Waals surface area contributed by atoms with Gasteiger partial charge in [0.25, 0.3) is 0 Å². The van der Waals surface area contributed by atoms with Crippen LogP contribution in [0.25, 0.3) is 0 Å². The van der Waals surface area contributed by atoms with E-state index in [-0.39, 0.29) is 12.5 Å². The van der Waals surface area contributed by atoms with Gasteiger partial charge in [-0.1, -0.05) is 0 Å². The predicted molar refractivity (Wildman–Crippen MR) is 53.7 cm³/mol. The van der Waals surface area contributed by atoms with Crippen molar-refractivity contribution in [2.75, 3.05) is 7.05 Å². The first-order valence-corrected chi connectivity index (χ1v) is 5.03. The second-order valence-corrected chi connectivity index (χ2v) is 3.48. The summed E-state index contributed by atoms with van der Waals surface area (Å²) in [5.41, 5.74) is 0.673. The molecule has 1 unspecified atom stereocenters. The third kappa shape index (κ3) is 4.57. The lowest BCUT2D eigenvalue weighted by Gasteiger charge is -2.15. The van der Waals surface area contributed by atoms with Crippen molar-refractivity contribution < 1.29 is 13.2 Å². The number of hydrogen-bond acceptors (Lipinski definition) is 3. The van der Waals surface area contributed by atoms with Crippen LogP contribution in [-0.2, 0) is 0 Å². The zero-order valence-electron chi connectivity index (χ0n) is 8.96. The molecule has 0 amide bonds. The monoisotopic (exact) mass is 233 g/mol. The largest absolute Gasteiger partial charge is 0.389 e. The predicted octanol–water partition coefficient (Wildman–Crippen LogP) is 2.47. The Bertz CT molecular complexity index is 300. The quantitative estimate of drug-likeness (QED) is 0.849. The first-order chi connectivity index (χ1) is 7.53.